The minimum Gasteiger partial charge on any atom is -0.409 e. The zero-order valence-corrected chi connectivity index (χ0v) is 10.2. The maximum atomic E-state index is 11.9. The minimum absolute atomic E-state index is 0.0244. The van der Waals surface area contributed by atoms with Gasteiger partial charge in [-0.2, -0.15) is 0 Å². The maximum Gasteiger partial charge on any atom is 0.252 e. The van der Waals surface area contributed by atoms with Crippen molar-refractivity contribution in [1.29, 1.82) is 0 Å². The van der Waals surface area contributed by atoms with Crippen LogP contribution in [-0.4, -0.2) is 23.0 Å². The summed E-state index contributed by atoms with van der Waals surface area (Å²) in [6.07, 6.45) is 0. The van der Waals surface area contributed by atoms with Crippen molar-refractivity contribution >= 4 is 11.7 Å². The second-order valence-corrected chi connectivity index (χ2v) is 3.97. The molecule has 92 valence electrons. The lowest BCUT2D eigenvalue weighted by molar-refractivity contribution is 0.0948. The molecular formula is C12H17N3O2. The molecule has 1 unspecified atom stereocenters. The van der Waals surface area contributed by atoms with Crippen molar-refractivity contribution in [2.24, 2.45) is 10.9 Å². The highest BCUT2D eigenvalue weighted by molar-refractivity contribution is 5.99. The molecule has 0 radical (unpaired) electrons. The van der Waals surface area contributed by atoms with E-state index in [0.29, 0.717) is 5.56 Å². The van der Waals surface area contributed by atoms with E-state index in [1.54, 1.807) is 13.0 Å². The summed E-state index contributed by atoms with van der Waals surface area (Å²) in [5.74, 6) is -0.256. The Labute approximate surface area is 100 Å². The summed E-state index contributed by atoms with van der Waals surface area (Å²) in [4.78, 5) is 11.9. The Morgan fingerprint density at radius 2 is 2.12 bits per heavy atom. The molecule has 0 heterocycles. The highest BCUT2D eigenvalue weighted by atomic mass is 16.4. The van der Waals surface area contributed by atoms with Gasteiger partial charge in [-0.05, 0) is 38.0 Å². The van der Waals surface area contributed by atoms with E-state index in [0.717, 1.165) is 11.1 Å². The van der Waals surface area contributed by atoms with Crippen LogP contribution in [-0.2, 0) is 0 Å². The van der Waals surface area contributed by atoms with Gasteiger partial charge in [-0.25, -0.2) is 0 Å². The molecule has 0 aliphatic carbocycles. The summed E-state index contributed by atoms with van der Waals surface area (Å²) in [6.45, 7) is 5.48. The van der Waals surface area contributed by atoms with E-state index in [2.05, 4.69) is 10.5 Å². The van der Waals surface area contributed by atoms with E-state index in [-0.39, 0.29) is 11.7 Å². The third kappa shape index (κ3) is 2.96. The van der Waals surface area contributed by atoms with Crippen LogP contribution in [0.3, 0.4) is 0 Å². The normalized spacial score (nSPS) is 13.2. The van der Waals surface area contributed by atoms with Gasteiger partial charge in [0.25, 0.3) is 5.91 Å². The first-order valence-corrected chi connectivity index (χ1v) is 5.32. The number of amides is 1. The van der Waals surface area contributed by atoms with Gasteiger partial charge < -0.3 is 16.3 Å². The lowest BCUT2D eigenvalue weighted by atomic mass is 10.0. The third-order valence-electron chi connectivity index (χ3n) is 2.76. The monoisotopic (exact) mass is 235 g/mol. The summed E-state index contributed by atoms with van der Waals surface area (Å²) in [6, 6.07) is 5.01. The molecule has 0 saturated heterocycles. The van der Waals surface area contributed by atoms with E-state index in [9.17, 15) is 4.79 Å². The first-order valence-electron chi connectivity index (χ1n) is 5.32. The van der Waals surface area contributed by atoms with Crippen LogP contribution >= 0.6 is 0 Å². The number of hydrogen-bond acceptors (Lipinski definition) is 3. The van der Waals surface area contributed by atoms with Crippen LogP contribution in [0.25, 0.3) is 0 Å². The highest BCUT2D eigenvalue weighted by Crippen LogP contribution is 2.12. The Kier molecular flexibility index (Phi) is 4.09. The van der Waals surface area contributed by atoms with Crippen molar-refractivity contribution in [2.75, 3.05) is 0 Å². The number of nitrogens with two attached hydrogens (primary N) is 1. The molecule has 1 amide bonds. The van der Waals surface area contributed by atoms with Crippen LogP contribution in [0.5, 0.6) is 0 Å². The summed E-state index contributed by atoms with van der Waals surface area (Å²) < 4.78 is 0. The van der Waals surface area contributed by atoms with Crippen LogP contribution in [0, 0.1) is 13.8 Å². The number of amidine groups is 1. The summed E-state index contributed by atoms with van der Waals surface area (Å²) in [5, 5.41) is 14.0. The van der Waals surface area contributed by atoms with E-state index in [4.69, 9.17) is 10.9 Å². The van der Waals surface area contributed by atoms with Gasteiger partial charge >= 0.3 is 0 Å². The molecule has 0 spiro atoms. The van der Waals surface area contributed by atoms with Crippen LogP contribution in [0.15, 0.2) is 23.4 Å². The predicted octanol–water partition coefficient (Wildman–Crippen LogP) is 1.17. The lowest BCUT2D eigenvalue weighted by Gasteiger charge is -2.14. The second kappa shape index (κ2) is 5.34. The molecule has 1 aromatic carbocycles. The largest absolute Gasteiger partial charge is 0.409 e. The number of benzene rings is 1. The molecule has 0 aliphatic heterocycles. The van der Waals surface area contributed by atoms with Crippen molar-refractivity contribution in [1.82, 2.24) is 5.32 Å². The zero-order valence-electron chi connectivity index (χ0n) is 10.2. The topological polar surface area (TPSA) is 87.7 Å². The molecule has 5 nitrogen and oxygen atoms in total. The predicted molar refractivity (Wildman–Crippen MR) is 66.3 cm³/mol. The molecule has 1 atom stereocenters. The lowest BCUT2D eigenvalue weighted by Crippen LogP contribution is -2.42. The van der Waals surface area contributed by atoms with Crippen LogP contribution in [0.2, 0.25) is 0 Å². The summed E-state index contributed by atoms with van der Waals surface area (Å²) >= 11 is 0. The molecule has 17 heavy (non-hydrogen) atoms. The number of hydrogen-bond donors (Lipinski definition) is 3. The van der Waals surface area contributed by atoms with Gasteiger partial charge in [0.2, 0.25) is 0 Å². The Balaban J connectivity index is 2.88. The van der Waals surface area contributed by atoms with Gasteiger partial charge in [-0.15, -0.1) is 0 Å². The van der Waals surface area contributed by atoms with Crippen molar-refractivity contribution in [3.05, 3.63) is 34.9 Å². The highest BCUT2D eigenvalue weighted by Gasteiger charge is 2.15. The molecule has 1 aromatic rings. The van der Waals surface area contributed by atoms with Gasteiger partial charge in [0.05, 0.1) is 6.04 Å². The number of nitrogens with zero attached hydrogens (tertiary/aromatic N) is 1. The smallest absolute Gasteiger partial charge is 0.252 e. The fourth-order valence-electron chi connectivity index (χ4n) is 1.43. The first kappa shape index (κ1) is 13.0. The number of nitrogens with one attached hydrogen (secondary N) is 1. The third-order valence-corrected chi connectivity index (χ3v) is 2.76. The summed E-state index contributed by atoms with van der Waals surface area (Å²) in [5.41, 5.74) is 7.97. The fraction of sp³-hybridized carbons (Fsp3) is 0.333. The van der Waals surface area contributed by atoms with E-state index < -0.39 is 6.04 Å². The molecular weight excluding hydrogens is 218 g/mol. The van der Waals surface area contributed by atoms with Crippen molar-refractivity contribution in [2.45, 2.75) is 26.8 Å². The van der Waals surface area contributed by atoms with Crippen LogP contribution in [0.1, 0.15) is 28.4 Å². The molecule has 0 aliphatic rings. The molecule has 5 heteroatoms. The number of rotatable bonds is 3. The Hall–Kier alpha value is -2.04. The molecule has 0 bridgehead atoms. The van der Waals surface area contributed by atoms with Gasteiger partial charge in [0.15, 0.2) is 5.84 Å². The number of aryl methyl sites for hydroxylation is 1. The van der Waals surface area contributed by atoms with Gasteiger partial charge in [-0.1, -0.05) is 17.3 Å². The molecule has 1 rings (SSSR count). The molecule has 0 fully saturated rings. The quantitative estimate of drug-likeness (QED) is 0.318. The standard InChI is InChI=1S/C12H17N3O2/c1-7-5-4-6-10(8(7)2)12(16)14-9(3)11(13)15-17/h4-6,9,17H,1-3H3,(H2,13,15)(H,14,16). The number of oxime groups is 1. The molecule has 4 N–H and O–H groups in total. The average molecular weight is 235 g/mol. The van der Waals surface area contributed by atoms with E-state index in [1.807, 2.05) is 26.0 Å². The van der Waals surface area contributed by atoms with Gasteiger partial charge in [0, 0.05) is 5.56 Å². The Morgan fingerprint density at radius 3 is 2.71 bits per heavy atom. The molecule has 0 aromatic heterocycles. The second-order valence-electron chi connectivity index (χ2n) is 3.97. The SMILES string of the molecule is Cc1cccc(C(=O)NC(C)/C(N)=N/O)c1C. The van der Waals surface area contributed by atoms with Gasteiger partial charge in [-0.3, -0.25) is 4.79 Å². The van der Waals surface area contributed by atoms with Crippen LogP contribution in [0.4, 0.5) is 0 Å². The number of carbonyl (C=O) groups is 1. The van der Waals surface area contributed by atoms with Crippen molar-refractivity contribution < 1.29 is 10.0 Å². The Bertz CT molecular complexity index is 455. The van der Waals surface area contributed by atoms with Crippen molar-refractivity contribution in [3.63, 3.8) is 0 Å². The van der Waals surface area contributed by atoms with Crippen LogP contribution < -0.4 is 11.1 Å². The summed E-state index contributed by atoms with van der Waals surface area (Å²) in [7, 11) is 0. The Morgan fingerprint density at radius 1 is 1.47 bits per heavy atom. The number of carbonyl (C=O) groups excluding carboxylic acids is 1. The maximum absolute atomic E-state index is 11.9. The van der Waals surface area contributed by atoms with E-state index >= 15 is 0 Å². The van der Waals surface area contributed by atoms with Gasteiger partial charge in [0.1, 0.15) is 0 Å². The van der Waals surface area contributed by atoms with E-state index in [1.165, 1.54) is 0 Å². The first-order chi connectivity index (χ1) is 7.97. The average Bonchev–Trinajstić information content (AvgIpc) is 2.31. The zero-order chi connectivity index (χ0) is 13.0. The fourth-order valence-corrected chi connectivity index (χ4v) is 1.43. The minimum atomic E-state index is -0.507. The van der Waals surface area contributed by atoms with Crippen molar-refractivity contribution in [3.8, 4) is 0 Å². The molecule has 0 saturated carbocycles.